The average Bonchev–Trinajstić information content (AvgIpc) is 2.50. The maximum Gasteiger partial charge on any atom is 0.272 e. The molecule has 0 N–H and O–H groups in total. The minimum Gasteiger partial charge on any atom is -0.332 e. The summed E-state index contributed by atoms with van der Waals surface area (Å²) in [7, 11) is 0. The second-order valence-corrected chi connectivity index (χ2v) is 8.46. The van der Waals surface area contributed by atoms with E-state index in [1.54, 1.807) is 0 Å². The first-order valence-corrected chi connectivity index (χ1v) is 7.40. The van der Waals surface area contributed by atoms with Crippen LogP contribution in [0.3, 0.4) is 0 Å². The van der Waals surface area contributed by atoms with Crippen LogP contribution in [0.1, 0.15) is 72.1 Å². The van der Waals surface area contributed by atoms with Crippen molar-refractivity contribution in [2.24, 2.45) is 0 Å². The van der Waals surface area contributed by atoms with E-state index in [0.717, 1.165) is 11.1 Å². The van der Waals surface area contributed by atoms with Crippen molar-refractivity contribution in [1.82, 2.24) is 0 Å². The summed E-state index contributed by atoms with van der Waals surface area (Å²) in [5.74, 6) is 0.666. The van der Waals surface area contributed by atoms with Gasteiger partial charge in [0, 0.05) is 11.1 Å². The van der Waals surface area contributed by atoms with Crippen molar-refractivity contribution < 1.29 is 18.9 Å². The van der Waals surface area contributed by atoms with Crippen molar-refractivity contribution in [2.75, 3.05) is 0 Å². The molecule has 0 saturated carbocycles. The van der Waals surface area contributed by atoms with Gasteiger partial charge in [-0.15, -0.1) is 0 Å². The van der Waals surface area contributed by atoms with Gasteiger partial charge in [-0.2, -0.15) is 4.89 Å². The Morgan fingerprint density at radius 3 is 1.71 bits per heavy atom. The zero-order valence-corrected chi connectivity index (χ0v) is 14.1. The van der Waals surface area contributed by atoms with E-state index in [1.165, 1.54) is 11.1 Å². The third kappa shape index (κ3) is 1.92. The molecule has 0 bridgehead atoms. The van der Waals surface area contributed by atoms with Gasteiger partial charge in [0.25, 0.3) is 5.58 Å². The van der Waals surface area contributed by atoms with Gasteiger partial charge in [0.15, 0.2) is 0 Å². The van der Waals surface area contributed by atoms with Gasteiger partial charge in [-0.1, -0.05) is 41.5 Å². The van der Waals surface area contributed by atoms with Crippen LogP contribution in [0.5, 0.6) is 5.75 Å². The molecule has 0 unspecified atom stereocenters. The fraction of sp³-hybridized carbons (Fsp3) is 0.647. The topological polar surface area (TPSA) is 44.7 Å². The molecular weight excluding hydrogens is 268 g/mol. The molecule has 2 heterocycles. The Hall–Kier alpha value is -1.42. The van der Waals surface area contributed by atoms with Crippen LogP contribution in [0.4, 0.5) is 0 Å². The molecule has 0 spiro atoms. The minimum absolute atomic E-state index is 0.0605. The summed E-state index contributed by atoms with van der Waals surface area (Å²) in [6, 6.07) is 0. The number of hydrogen-bond acceptors (Lipinski definition) is 4. The maximum atomic E-state index is 5.55. The molecule has 0 saturated heterocycles. The summed E-state index contributed by atoms with van der Waals surface area (Å²) in [4.78, 5) is 11.0. The number of hydrogen-bond donors (Lipinski definition) is 0. The molecule has 1 aliphatic rings. The second-order valence-electron chi connectivity index (χ2n) is 8.46. The lowest BCUT2D eigenvalue weighted by molar-refractivity contribution is -0.260. The third-order valence-corrected chi connectivity index (χ3v) is 4.01. The van der Waals surface area contributed by atoms with E-state index in [4.69, 9.17) is 18.9 Å². The molecule has 1 aromatic carbocycles. The highest BCUT2D eigenvalue weighted by Gasteiger charge is 2.46. The smallest absolute Gasteiger partial charge is 0.272 e. The lowest BCUT2D eigenvalue weighted by Crippen LogP contribution is -2.28. The number of rotatable bonds is 0. The Morgan fingerprint density at radius 1 is 0.762 bits per heavy atom. The summed E-state index contributed by atoms with van der Waals surface area (Å²) in [5.41, 5.74) is 4.29. The molecular formula is C17H24O4. The zero-order chi connectivity index (χ0) is 15.8. The minimum atomic E-state index is -0.508. The molecule has 21 heavy (non-hydrogen) atoms. The Kier molecular flexibility index (Phi) is 2.67. The standard InChI is InChI=1S/C17H24O4/c1-15(2,3)9-10(16(4,5)6)12-14(19-18-12)13-11(9)17(7,8)21-20-13/h1-8H3. The van der Waals surface area contributed by atoms with Crippen molar-refractivity contribution in [3.05, 3.63) is 16.7 Å². The zero-order valence-electron chi connectivity index (χ0n) is 14.1. The first-order chi connectivity index (χ1) is 9.44. The third-order valence-electron chi connectivity index (χ3n) is 4.01. The molecule has 0 aliphatic carbocycles. The molecule has 4 heteroatoms. The molecule has 0 radical (unpaired) electrons. The monoisotopic (exact) mass is 292 g/mol. The summed E-state index contributed by atoms with van der Waals surface area (Å²) >= 11 is 0. The number of fused-ring (bicyclic) bond motifs is 3. The number of benzene rings is 1. The Bertz CT molecular complexity index is 702. The van der Waals surface area contributed by atoms with Gasteiger partial charge in [0.1, 0.15) is 5.60 Å². The van der Waals surface area contributed by atoms with E-state index < -0.39 is 5.60 Å². The maximum absolute atomic E-state index is 5.55. The van der Waals surface area contributed by atoms with E-state index in [1.807, 2.05) is 13.8 Å². The Labute approximate surface area is 125 Å². The molecule has 0 atom stereocenters. The van der Waals surface area contributed by atoms with E-state index in [0.29, 0.717) is 11.3 Å². The van der Waals surface area contributed by atoms with Gasteiger partial charge in [-0.25, -0.2) is 0 Å². The van der Waals surface area contributed by atoms with E-state index in [-0.39, 0.29) is 10.8 Å². The quantitative estimate of drug-likeness (QED) is 0.627. The van der Waals surface area contributed by atoms with E-state index in [2.05, 4.69) is 41.5 Å². The van der Waals surface area contributed by atoms with Crippen molar-refractivity contribution in [3.8, 4) is 5.75 Å². The normalized spacial score (nSPS) is 18.1. The fourth-order valence-electron chi connectivity index (χ4n) is 3.19. The summed E-state index contributed by atoms with van der Waals surface area (Å²) in [6.07, 6.45) is 0. The van der Waals surface area contributed by atoms with Crippen molar-refractivity contribution in [2.45, 2.75) is 71.8 Å². The molecule has 116 valence electrons. The van der Waals surface area contributed by atoms with Gasteiger partial charge >= 0.3 is 0 Å². The molecule has 1 aliphatic heterocycles. The van der Waals surface area contributed by atoms with Crippen molar-refractivity contribution in [1.29, 1.82) is 0 Å². The highest BCUT2D eigenvalue weighted by atomic mass is 17.2. The van der Waals surface area contributed by atoms with Crippen LogP contribution in [0.15, 0.2) is 9.15 Å². The van der Waals surface area contributed by atoms with Crippen molar-refractivity contribution in [3.63, 3.8) is 0 Å². The second kappa shape index (κ2) is 3.86. The van der Waals surface area contributed by atoms with Crippen LogP contribution in [-0.2, 0) is 21.3 Å². The van der Waals surface area contributed by atoms with E-state index >= 15 is 0 Å². The van der Waals surface area contributed by atoms with Crippen LogP contribution >= 0.6 is 0 Å². The predicted molar refractivity (Wildman–Crippen MR) is 80.6 cm³/mol. The van der Waals surface area contributed by atoms with Gasteiger partial charge in [-0.3, -0.25) is 9.15 Å². The summed E-state index contributed by atoms with van der Waals surface area (Å²) < 4.78 is 10.5. The fourth-order valence-corrected chi connectivity index (χ4v) is 3.19. The van der Waals surface area contributed by atoms with Crippen LogP contribution in [0.2, 0.25) is 0 Å². The van der Waals surface area contributed by atoms with E-state index in [9.17, 15) is 0 Å². The van der Waals surface area contributed by atoms with Gasteiger partial charge in [-0.05, 0) is 30.2 Å². The predicted octanol–water partition coefficient (Wildman–Crippen LogP) is 5.18. The van der Waals surface area contributed by atoms with Crippen molar-refractivity contribution >= 4 is 11.2 Å². The SMILES string of the molecule is CC(C)(C)c1c2c(c3ooc3c1C(C)(C)C)OOC2(C)C. The largest absolute Gasteiger partial charge is 0.332 e. The first kappa shape index (κ1) is 14.5. The lowest BCUT2D eigenvalue weighted by Gasteiger charge is -2.33. The molecule has 4 nitrogen and oxygen atoms in total. The highest BCUT2D eigenvalue weighted by molar-refractivity contribution is 5.87. The van der Waals surface area contributed by atoms with Crippen LogP contribution in [-0.4, -0.2) is 0 Å². The Morgan fingerprint density at radius 2 is 1.29 bits per heavy atom. The highest BCUT2D eigenvalue weighted by Crippen LogP contribution is 2.54. The van der Waals surface area contributed by atoms with Gasteiger partial charge in [0.05, 0.1) is 0 Å². The van der Waals surface area contributed by atoms with Gasteiger partial charge in [0.2, 0.25) is 11.3 Å². The molecule has 0 fully saturated rings. The molecule has 2 aromatic rings. The van der Waals surface area contributed by atoms with Gasteiger partial charge < -0.3 is 4.89 Å². The summed E-state index contributed by atoms with van der Waals surface area (Å²) in [6.45, 7) is 17.2. The first-order valence-electron chi connectivity index (χ1n) is 7.40. The molecule has 0 amide bonds. The lowest BCUT2D eigenvalue weighted by atomic mass is 9.70. The molecule has 1 aromatic heterocycles. The summed E-state index contributed by atoms with van der Waals surface area (Å²) in [5, 5.41) is 0. The average molecular weight is 292 g/mol. The van der Waals surface area contributed by atoms with Crippen LogP contribution < -0.4 is 4.89 Å². The Balaban J connectivity index is 2.50. The van der Waals surface area contributed by atoms with Crippen LogP contribution in [0.25, 0.3) is 11.2 Å². The van der Waals surface area contributed by atoms with Crippen LogP contribution in [0, 0.1) is 0 Å². The molecule has 3 rings (SSSR count).